The molecule has 3 rings (SSSR count). The van der Waals surface area contributed by atoms with Crippen molar-refractivity contribution in [3.05, 3.63) is 60.2 Å². The topological polar surface area (TPSA) is 91.5 Å². The van der Waals surface area contributed by atoms with Gasteiger partial charge in [-0.2, -0.15) is 0 Å². The average molecular weight is 401 g/mol. The molecule has 1 fully saturated rings. The van der Waals surface area contributed by atoms with Gasteiger partial charge in [0.25, 0.3) is 0 Å². The van der Waals surface area contributed by atoms with E-state index >= 15 is 0 Å². The van der Waals surface area contributed by atoms with Crippen LogP contribution in [0.4, 0.5) is 5.69 Å². The first kappa shape index (κ1) is 20.2. The summed E-state index contributed by atoms with van der Waals surface area (Å²) in [5.41, 5.74) is 7.41. The minimum Gasteiger partial charge on any atom is -0.492 e. The van der Waals surface area contributed by atoms with E-state index in [1.807, 2.05) is 55.5 Å². The molecule has 4 N–H and O–H groups in total. The molecule has 2 aromatic rings. The van der Waals surface area contributed by atoms with Crippen LogP contribution in [0.2, 0.25) is 0 Å². The van der Waals surface area contributed by atoms with Crippen LogP contribution in [0.3, 0.4) is 0 Å². The summed E-state index contributed by atoms with van der Waals surface area (Å²) in [7, 11) is 0. The molecule has 2 aromatic carbocycles. The summed E-state index contributed by atoms with van der Waals surface area (Å²) >= 11 is 1.30. The first-order valence-electron chi connectivity index (χ1n) is 9.14. The Balaban J connectivity index is 1.44. The van der Waals surface area contributed by atoms with Crippen molar-refractivity contribution in [2.75, 3.05) is 17.7 Å². The number of thioether (sulfide) groups is 1. The minimum atomic E-state index is -0.382. The Kier molecular flexibility index (Phi) is 7.30. The van der Waals surface area contributed by atoms with E-state index in [1.54, 1.807) is 6.07 Å². The van der Waals surface area contributed by atoms with Crippen molar-refractivity contribution >= 4 is 29.3 Å². The van der Waals surface area contributed by atoms with Gasteiger partial charge in [0.05, 0.1) is 18.0 Å². The molecule has 7 nitrogen and oxygen atoms in total. The van der Waals surface area contributed by atoms with Crippen LogP contribution in [0, 0.1) is 0 Å². The molecule has 0 spiro atoms. The Labute approximate surface area is 168 Å². The lowest BCUT2D eigenvalue weighted by Gasteiger charge is -2.31. The molecule has 1 heterocycles. The van der Waals surface area contributed by atoms with E-state index < -0.39 is 0 Å². The summed E-state index contributed by atoms with van der Waals surface area (Å²) in [5.74, 6) is 0.559. The molecule has 2 amide bonds. The van der Waals surface area contributed by atoms with Crippen LogP contribution < -0.4 is 26.2 Å². The Morgan fingerprint density at radius 2 is 1.86 bits per heavy atom. The van der Waals surface area contributed by atoms with E-state index in [1.165, 1.54) is 11.8 Å². The van der Waals surface area contributed by atoms with Gasteiger partial charge in [-0.1, -0.05) is 42.5 Å². The van der Waals surface area contributed by atoms with Crippen molar-refractivity contribution in [2.45, 2.75) is 24.9 Å². The van der Waals surface area contributed by atoms with Crippen molar-refractivity contribution in [1.29, 1.82) is 0 Å². The number of nitrogens with one attached hydrogen (secondary N) is 4. The minimum absolute atomic E-state index is 0.0952. The zero-order chi connectivity index (χ0) is 19.8. The van der Waals surface area contributed by atoms with Gasteiger partial charge in [0, 0.05) is 0 Å². The van der Waals surface area contributed by atoms with Gasteiger partial charge in [-0.3, -0.25) is 9.59 Å². The Hall–Kier alpha value is -2.55. The van der Waals surface area contributed by atoms with Crippen molar-refractivity contribution in [3.63, 3.8) is 0 Å². The Morgan fingerprint density at radius 3 is 2.61 bits per heavy atom. The number of benzene rings is 2. The highest BCUT2D eigenvalue weighted by Gasteiger charge is 2.27. The molecule has 0 aliphatic carbocycles. The van der Waals surface area contributed by atoms with E-state index in [0.717, 1.165) is 5.56 Å². The zero-order valence-corrected chi connectivity index (χ0v) is 16.4. The fourth-order valence-corrected chi connectivity index (χ4v) is 3.52. The second-order valence-corrected chi connectivity index (χ2v) is 7.30. The third-order valence-corrected chi connectivity index (χ3v) is 5.10. The molecule has 28 heavy (non-hydrogen) atoms. The first-order chi connectivity index (χ1) is 13.7. The molecule has 1 aliphatic rings. The molecule has 1 aliphatic heterocycles. The van der Waals surface area contributed by atoms with Gasteiger partial charge < -0.3 is 15.4 Å². The number of amides is 2. The quantitative estimate of drug-likeness (QED) is 0.541. The number of ether oxygens (including phenoxy) is 1. The maximum Gasteiger partial charge on any atom is 0.240 e. The van der Waals surface area contributed by atoms with Gasteiger partial charge in [0.15, 0.2) is 0 Å². The standard InChI is InChI=1S/C20H24N4O3S/c1-2-27-17-11-7-6-10-15(17)21-18(25)13-28-20-22-19(26)16(23-24-20)12-14-8-4-3-5-9-14/h3-11,16,20,23-24H,2,12-13H2,1H3,(H,21,25)(H,22,26). The van der Waals surface area contributed by atoms with Crippen LogP contribution in [0.1, 0.15) is 12.5 Å². The van der Waals surface area contributed by atoms with Crippen LogP contribution in [-0.2, 0) is 16.0 Å². The van der Waals surface area contributed by atoms with Crippen molar-refractivity contribution in [2.24, 2.45) is 0 Å². The van der Waals surface area contributed by atoms with Gasteiger partial charge in [-0.25, -0.2) is 10.9 Å². The second-order valence-electron chi connectivity index (χ2n) is 6.21. The summed E-state index contributed by atoms with van der Waals surface area (Å²) in [6.45, 7) is 2.42. The highest BCUT2D eigenvalue weighted by molar-refractivity contribution is 8.00. The van der Waals surface area contributed by atoms with E-state index in [4.69, 9.17) is 4.74 Å². The van der Waals surface area contributed by atoms with Crippen molar-refractivity contribution in [1.82, 2.24) is 16.2 Å². The SMILES string of the molecule is CCOc1ccccc1NC(=O)CSC1NNC(Cc2ccccc2)C(=O)N1. The number of hydrogen-bond acceptors (Lipinski definition) is 6. The number of hydrogen-bond donors (Lipinski definition) is 4. The van der Waals surface area contributed by atoms with E-state index in [9.17, 15) is 9.59 Å². The lowest BCUT2D eigenvalue weighted by atomic mass is 10.1. The van der Waals surface area contributed by atoms with Crippen LogP contribution in [0.15, 0.2) is 54.6 Å². The molecular weight excluding hydrogens is 376 g/mol. The van der Waals surface area contributed by atoms with Gasteiger partial charge in [0.1, 0.15) is 17.3 Å². The second kappa shape index (κ2) is 10.1. The lowest BCUT2D eigenvalue weighted by Crippen LogP contribution is -2.64. The van der Waals surface area contributed by atoms with E-state index in [-0.39, 0.29) is 29.1 Å². The summed E-state index contributed by atoms with van der Waals surface area (Å²) in [6, 6.07) is 16.8. The molecule has 0 aromatic heterocycles. The molecule has 0 bridgehead atoms. The summed E-state index contributed by atoms with van der Waals surface area (Å²) in [6.07, 6.45) is 0.589. The predicted molar refractivity (Wildman–Crippen MR) is 111 cm³/mol. The maximum absolute atomic E-state index is 12.3. The molecule has 0 saturated carbocycles. The van der Waals surface area contributed by atoms with E-state index in [2.05, 4.69) is 21.5 Å². The van der Waals surface area contributed by atoms with Crippen molar-refractivity contribution in [3.8, 4) is 5.75 Å². The monoisotopic (exact) mass is 400 g/mol. The largest absolute Gasteiger partial charge is 0.492 e. The molecule has 148 valence electrons. The van der Waals surface area contributed by atoms with Crippen LogP contribution in [0.5, 0.6) is 5.75 Å². The third kappa shape index (κ3) is 5.72. The van der Waals surface area contributed by atoms with Gasteiger partial charge in [0.2, 0.25) is 11.8 Å². The molecular formula is C20H24N4O3S. The predicted octanol–water partition coefficient (Wildman–Crippen LogP) is 1.88. The fourth-order valence-electron chi connectivity index (χ4n) is 2.78. The van der Waals surface area contributed by atoms with E-state index in [0.29, 0.717) is 24.5 Å². The lowest BCUT2D eigenvalue weighted by molar-refractivity contribution is -0.125. The number of rotatable bonds is 8. The summed E-state index contributed by atoms with van der Waals surface area (Å²) < 4.78 is 5.51. The molecule has 2 unspecified atom stereocenters. The first-order valence-corrected chi connectivity index (χ1v) is 10.2. The highest BCUT2D eigenvalue weighted by Crippen LogP contribution is 2.24. The highest BCUT2D eigenvalue weighted by atomic mass is 32.2. The normalized spacial score (nSPS) is 19.0. The molecule has 1 saturated heterocycles. The van der Waals surface area contributed by atoms with Crippen molar-refractivity contribution < 1.29 is 14.3 Å². The smallest absolute Gasteiger partial charge is 0.240 e. The summed E-state index contributed by atoms with van der Waals surface area (Å²) in [4.78, 5) is 24.6. The number of anilines is 1. The molecule has 0 radical (unpaired) electrons. The fraction of sp³-hybridized carbons (Fsp3) is 0.300. The van der Waals surface area contributed by atoms with Gasteiger partial charge >= 0.3 is 0 Å². The van der Waals surface area contributed by atoms with Gasteiger partial charge in [-0.05, 0) is 31.0 Å². The number of para-hydroxylation sites is 2. The summed E-state index contributed by atoms with van der Waals surface area (Å²) in [5, 5.41) is 5.73. The average Bonchev–Trinajstić information content (AvgIpc) is 2.71. The third-order valence-electron chi connectivity index (χ3n) is 4.10. The number of hydrazine groups is 1. The zero-order valence-electron chi connectivity index (χ0n) is 15.6. The van der Waals surface area contributed by atoms with Crippen LogP contribution in [-0.4, -0.2) is 35.7 Å². The van der Waals surface area contributed by atoms with Crippen LogP contribution >= 0.6 is 11.8 Å². The molecule has 8 heteroatoms. The number of carbonyl (C=O) groups excluding carboxylic acids is 2. The Morgan fingerprint density at radius 1 is 1.11 bits per heavy atom. The Bertz CT molecular complexity index is 803. The maximum atomic E-state index is 12.3. The van der Waals surface area contributed by atoms with Crippen LogP contribution in [0.25, 0.3) is 0 Å². The molecule has 2 atom stereocenters. The van der Waals surface area contributed by atoms with Gasteiger partial charge in [-0.15, -0.1) is 11.8 Å². The number of carbonyl (C=O) groups is 2.